The molecule has 0 aromatic rings. The van der Waals surface area contributed by atoms with Crippen LogP contribution in [0.2, 0.25) is 0 Å². The molecule has 0 bridgehead atoms. The van der Waals surface area contributed by atoms with E-state index in [0.29, 0.717) is 12.8 Å². The Morgan fingerprint density at radius 1 is 0.382 bits per heavy atom. The molecule has 0 saturated heterocycles. The summed E-state index contributed by atoms with van der Waals surface area (Å²) in [6, 6.07) is -0.653. The van der Waals surface area contributed by atoms with Gasteiger partial charge in [-0.1, -0.05) is 271 Å². The molecule has 0 aliphatic rings. The number of carbonyl (C=O) groups is 1. The van der Waals surface area contributed by atoms with E-state index in [2.05, 4.69) is 19.2 Å². The summed E-state index contributed by atoms with van der Waals surface area (Å²) in [5.74, 6) is -0.276. The number of hydrogen-bond donors (Lipinski definition) is 4. The van der Waals surface area contributed by atoms with Crippen LogP contribution in [0, 0.1) is 0 Å². The zero-order chi connectivity index (χ0) is 40.1. The normalized spacial score (nSPS) is 13.3. The molecule has 0 heterocycles. The van der Waals surface area contributed by atoms with E-state index >= 15 is 0 Å². The summed E-state index contributed by atoms with van der Waals surface area (Å²) in [6.45, 7) is 4.30. The van der Waals surface area contributed by atoms with Crippen LogP contribution in [0.5, 0.6) is 0 Å². The van der Waals surface area contributed by atoms with Gasteiger partial charge in [-0.15, -0.1) is 0 Å². The van der Waals surface area contributed by atoms with E-state index in [1.165, 1.54) is 231 Å². The van der Waals surface area contributed by atoms with E-state index in [0.717, 1.165) is 25.7 Å². The fraction of sp³-hybridized carbons (Fsp3) is 0.980. The Bertz CT molecular complexity index is 733. The largest absolute Gasteiger partial charge is 0.394 e. The number of rotatable bonds is 47. The summed E-state index contributed by atoms with van der Waals surface area (Å²) in [6.07, 6.45) is 53.8. The van der Waals surface area contributed by atoms with E-state index in [1.54, 1.807) is 0 Å². The molecule has 0 aromatic carbocycles. The lowest BCUT2D eigenvalue weighted by molar-refractivity contribution is -0.125. The maximum absolute atomic E-state index is 12.5. The van der Waals surface area contributed by atoms with Crippen LogP contribution in [-0.4, -0.2) is 46.1 Å². The molecule has 3 atom stereocenters. The Balaban J connectivity index is 3.51. The fourth-order valence-corrected chi connectivity index (χ4v) is 8.29. The van der Waals surface area contributed by atoms with Gasteiger partial charge in [-0.2, -0.15) is 0 Å². The van der Waals surface area contributed by atoms with E-state index in [-0.39, 0.29) is 18.9 Å². The van der Waals surface area contributed by atoms with Gasteiger partial charge in [0.1, 0.15) is 0 Å². The number of aliphatic hydroxyl groups is 3. The highest BCUT2D eigenvalue weighted by Gasteiger charge is 2.21. The van der Waals surface area contributed by atoms with E-state index < -0.39 is 18.2 Å². The summed E-state index contributed by atoms with van der Waals surface area (Å²) < 4.78 is 0. The van der Waals surface area contributed by atoms with Gasteiger partial charge < -0.3 is 20.6 Å². The third kappa shape index (κ3) is 42.8. The monoisotopic (exact) mass is 780 g/mol. The van der Waals surface area contributed by atoms with Crippen molar-refractivity contribution in [3.8, 4) is 0 Å². The molecule has 5 nitrogen and oxygen atoms in total. The Morgan fingerprint density at radius 3 is 0.873 bits per heavy atom. The minimum absolute atomic E-state index is 0.0433. The maximum atomic E-state index is 12.5. The molecule has 0 saturated carbocycles. The second kappa shape index (κ2) is 46.0. The molecular weight excluding hydrogens is 679 g/mol. The van der Waals surface area contributed by atoms with Gasteiger partial charge in [-0.3, -0.25) is 4.79 Å². The topological polar surface area (TPSA) is 89.8 Å². The molecule has 0 rings (SSSR count). The predicted molar refractivity (Wildman–Crippen MR) is 241 cm³/mol. The zero-order valence-electron chi connectivity index (χ0n) is 37.6. The summed E-state index contributed by atoms with van der Waals surface area (Å²) >= 11 is 0. The Kier molecular flexibility index (Phi) is 45.5. The number of carbonyl (C=O) groups excluding carboxylic acids is 1. The molecule has 5 heteroatoms. The predicted octanol–water partition coefficient (Wildman–Crippen LogP) is 15.0. The molecule has 0 aliphatic heterocycles. The molecule has 4 N–H and O–H groups in total. The Morgan fingerprint density at radius 2 is 0.618 bits per heavy atom. The number of nitrogens with one attached hydrogen (secondary N) is 1. The van der Waals surface area contributed by atoms with Gasteiger partial charge in [0.2, 0.25) is 5.91 Å². The average molecular weight is 780 g/mol. The first-order chi connectivity index (χ1) is 27.0. The first-order valence-electron chi connectivity index (χ1n) is 25.3. The van der Waals surface area contributed by atoms with E-state index in [9.17, 15) is 20.1 Å². The molecular formula is C50H101NO4. The molecule has 1 amide bonds. The van der Waals surface area contributed by atoms with Gasteiger partial charge in [0.05, 0.1) is 31.3 Å². The highest BCUT2D eigenvalue weighted by molar-refractivity contribution is 5.76. The van der Waals surface area contributed by atoms with Crippen molar-refractivity contribution in [2.24, 2.45) is 0 Å². The van der Waals surface area contributed by atoms with Crippen molar-refractivity contribution < 1.29 is 20.1 Å². The third-order valence-corrected chi connectivity index (χ3v) is 12.2. The van der Waals surface area contributed by atoms with E-state index in [1.807, 2.05) is 0 Å². The van der Waals surface area contributed by atoms with Crippen molar-refractivity contribution in [3.63, 3.8) is 0 Å². The van der Waals surface area contributed by atoms with Crippen molar-refractivity contribution in [1.82, 2.24) is 5.32 Å². The quantitative estimate of drug-likeness (QED) is 0.0463. The standard InChI is InChI=1S/C50H101NO4/c1-3-5-7-9-11-13-15-17-19-21-22-23-24-25-26-27-28-29-31-33-35-37-39-41-43-47(53)45-50(55)51-48(46-52)49(54)44-42-40-38-36-34-32-30-20-18-16-14-12-10-8-6-4-2/h47-49,52-54H,3-46H2,1-2H3,(H,51,55). The van der Waals surface area contributed by atoms with Crippen LogP contribution < -0.4 is 5.32 Å². The van der Waals surface area contributed by atoms with Gasteiger partial charge in [-0.25, -0.2) is 0 Å². The van der Waals surface area contributed by atoms with Gasteiger partial charge in [-0.05, 0) is 12.8 Å². The number of unbranched alkanes of at least 4 members (excludes halogenated alkanes) is 38. The molecule has 0 aromatic heterocycles. The second-order valence-corrected chi connectivity index (χ2v) is 17.8. The summed E-state index contributed by atoms with van der Waals surface area (Å²) in [7, 11) is 0. The zero-order valence-corrected chi connectivity index (χ0v) is 37.6. The molecule has 0 spiro atoms. The smallest absolute Gasteiger partial charge is 0.222 e. The Hall–Kier alpha value is -0.650. The minimum Gasteiger partial charge on any atom is -0.394 e. The molecule has 0 aliphatic carbocycles. The van der Waals surface area contributed by atoms with Gasteiger partial charge in [0.15, 0.2) is 0 Å². The number of aliphatic hydroxyl groups excluding tert-OH is 3. The minimum atomic E-state index is -0.744. The molecule has 0 fully saturated rings. The maximum Gasteiger partial charge on any atom is 0.222 e. The van der Waals surface area contributed by atoms with Crippen LogP contribution in [0.3, 0.4) is 0 Å². The van der Waals surface area contributed by atoms with Crippen LogP contribution in [-0.2, 0) is 4.79 Å². The summed E-state index contributed by atoms with van der Waals surface area (Å²) in [5, 5.41) is 33.5. The summed E-state index contributed by atoms with van der Waals surface area (Å²) in [5.41, 5.74) is 0. The number of amides is 1. The van der Waals surface area contributed by atoms with Crippen molar-refractivity contribution in [3.05, 3.63) is 0 Å². The lowest BCUT2D eigenvalue weighted by atomic mass is 10.0. The van der Waals surface area contributed by atoms with Gasteiger partial charge in [0, 0.05) is 0 Å². The highest BCUT2D eigenvalue weighted by atomic mass is 16.3. The molecule has 330 valence electrons. The van der Waals surface area contributed by atoms with Crippen LogP contribution in [0.25, 0.3) is 0 Å². The molecule has 0 radical (unpaired) electrons. The molecule has 3 unspecified atom stereocenters. The second-order valence-electron chi connectivity index (χ2n) is 17.8. The van der Waals surface area contributed by atoms with Crippen molar-refractivity contribution in [2.75, 3.05) is 6.61 Å². The van der Waals surface area contributed by atoms with Crippen molar-refractivity contribution in [1.29, 1.82) is 0 Å². The first kappa shape index (κ1) is 54.3. The van der Waals surface area contributed by atoms with Gasteiger partial charge >= 0.3 is 0 Å². The molecule has 55 heavy (non-hydrogen) atoms. The average Bonchev–Trinajstić information content (AvgIpc) is 3.18. The third-order valence-electron chi connectivity index (χ3n) is 12.2. The van der Waals surface area contributed by atoms with Crippen LogP contribution >= 0.6 is 0 Å². The summed E-state index contributed by atoms with van der Waals surface area (Å²) in [4.78, 5) is 12.5. The van der Waals surface area contributed by atoms with Crippen LogP contribution in [0.1, 0.15) is 290 Å². The SMILES string of the molecule is CCCCCCCCCCCCCCCCCCCCCCCCCCC(O)CC(=O)NC(CO)C(O)CCCCCCCCCCCCCCCCCC. The van der Waals surface area contributed by atoms with Crippen molar-refractivity contribution >= 4 is 5.91 Å². The lowest BCUT2D eigenvalue weighted by Crippen LogP contribution is -2.46. The fourth-order valence-electron chi connectivity index (χ4n) is 8.29. The van der Waals surface area contributed by atoms with Crippen LogP contribution in [0.4, 0.5) is 0 Å². The van der Waals surface area contributed by atoms with Crippen LogP contribution in [0.15, 0.2) is 0 Å². The Labute approximate surface area is 345 Å². The highest BCUT2D eigenvalue weighted by Crippen LogP contribution is 2.18. The first-order valence-corrected chi connectivity index (χ1v) is 25.3. The van der Waals surface area contributed by atoms with Crippen molar-refractivity contribution in [2.45, 2.75) is 308 Å². The van der Waals surface area contributed by atoms with E-state index in [4.69, 9.17) is 0 Å². The lowest BCUT2D eigenvalue weighted by Gasteiger charge is -2.23. The number of hydrogen-bond acceptors (Lipinski definition) is 4. The van der Waals surface area contributed by atoms with Gasteiger partial charge in [0.25, 0.3) is 0 Å².